The highest BCUT2D eigenvalue weighted by Gasteiger charge is 2.19. The first-order chi connectivity index (χ1) is 13.4. The number of carbonyl (C=O) groups is 2. The molecule has 0 atom stereocenters. The second-order valence-electron chi connectivity index (χ2n) is 7.87. The van der Waals surface area contributed by atoms with Crippen LogP contribution in [0.3, 0.4) is 0 Å². The Kier molecular flexibility index (Phi) is 6.81. The van der Waals surface area contributed by atoms with Gasteiger partial charge in [0.25, 0.3) is 5.91 Å². The molecule has 0 aliphatic carbocycles. The number of anilines is 1. The molecule has 2 N–H and O–H groups in total. The summed E-state index contributed by atoms with van der Waals surface area (Å²) in [5, 5.41) is 5.22. The first-order valence-corrected chi connectivity index (χ1v) is 10.6. The molecule has 0 radical (unpaired) electrons. The summed E-state index contributed by atoms with van der Waals surface area (Å²) >= 11 is 0. The Bertz CT molecular complexity index is 991. The number of rotatable bonds is 6. The van der Waals surface area contributed by atoms with Crippen LogP contribution in [0.15, 0.2) is 53.4 Å². The fourth-order valence-electron chi connectivity index (χ4n) is 2.53. The van der Waals surface area contributed by atoms with Crippen molar-refractivity contribution in [2.24, 2.45) is 0 Å². The molecule has 2 amide bonds. The third-order valence-corrected chi connectivity index (χ3v) is 6.13. The predicted octanol–water partition coefficient (Wildman–Crippen LogP) is 2.60. The van der Waals surface area contributed by atoms with E-state index in [1.165, 1.54) is 38.4 Å². The topological polar surface area (TPSA) is 95.6 Å². The minimum atomic E-state index is -3.65. The minimum absolute atomic E-state index is 0.0125. The normalized spacial score (nSPS) is 11.9. The van der Waals surface area contributed by atoms with Gasteiger partial charge < -0.3 is 10.6 Å². The molecule has 0 aromatic heterocycles. The summed E-state index contributed by atoms with van der Waals surface area (Å²) in [5.41, 5.74) is 1.97. The smallest absolute Gasteiger partial charge is 0.251 e. The number of nitrogens with zero attached hydrogens (tertiary/aromatic N) is 1. The third kappa shape index (κ3) is 5.88. The van der Waals surface area contributed by atoms with Crippen molar-refractivity contribution in [1.82, 2.24) is 9.62 Å². The SMILES string of the molecule is CN(C)S(=O)(=O)c1cccc(C(=O)NCC(=O)Nc2ccc(C(C)(C)C)cc2)c1. The number of carbonyl (C=O) groups excluding carboxylic acids is 2. The zero-order chi connectivity index (χ0) is 21.8. The zero-order valence-corrected chi connectivity index (χ0v) is 18.1. The molecule has 156 valence electrons. The Labute approximate surface area is 172 Å². The summed E-state index contributed by atoms with van der Waals surface area (Å²) in [4.78, 5) is 24.4. The molecule has 0 aliphatic rings. The number of nitrogens with one attached hydrogen (secondary N) is 2. The molecule has 0 fully saturated rings. The van der Waals surface area contributed by atoms with Crippen LogP contribution in [0.4, 0.5) is 5.69 Å². The van der Waals surface area contributed by atoms with Gasteiger partial charge in [-0.1, -0.05) is 39.0 Å². The molecule has 0 saturated heterocycles. The van der Waals surface area contributed by atoms with E-state index in [0.29, 0.717) is 5.69 Å². The van der Waals surface area contributed by atoms with Crippen molar-refractivity contribution in [3.05, 3.63) is 59.7 Å². The van der Waals surface area contributed by atoms with Crippen molar-refractivity contribution in [3.8, 4) is 0 Å². The molecular formula is C21H27N3O4S. The molecular weight excluding hydrogens is 390 g/mol. The van der Waals surface area contributed by atoms with Gasteiger partial charge in [0.15, 0.2) is 0 Å². The number of sulfonamides is 1. The molecule has 2 rings (SSSR count). The van der Waals surface area contributed by atoms with Crippen LogP contribution in [0.1, 0.15) is 36.7 Å². The van der Waals surface area contributed by atoms with Crippen molar-refractivity contribution in [2.75, 3.05) is 26.0 Å². The molecule has 8 heteroatoms. The van der Waals surface area contributed by atoms with Crippen molar-refractivity contribution in [3.63, 3.8) is 0 Å². The van der Waals surface area contributed by atoms with Gasteiger partial charge in [-0.25, -0.2) is 12.7 Å². The summed E-state index contributed by atoms with van der Waals surface area (Å²) in [6, 6.07) is 13.2. The largest absolute Gasteiger partial charge is 0.343 e. The van der Waals surface area contributed by atoms with E-state index in [1.54, 1.807) is 0 Å². The lowest BCUT2D eigenvalue weighted by Crippen LogP contribution is -2.33. The molecule has 0 spiro atoms. The predicted molar refractivity (Wildman–Crippen MR) is 113 cm³/mol. The Morgan fingerprint density at radius 1 is 1.00 bits per heavy atom. The second kappa shape index (κ2) is 8.75. The van der Waals surface area contributed by atoms with E-state index in [0.717, 1.165) is 9.87 Å². The van der Waals surface area contributed by atoms with Crippen LogP contribution in [0.5, 0.6) is 0 Å². The lowest BCUT2D eigenvalue weighted by Gasteiger charge is -2.19. The Morgan fingerprint density at radius 2 is 1.62 bits per heavy atom. The Hall–Kier alpha value is -2.71. The molecule has 0 bridgehead atoms. The molecule has 0 saturated carbocycles. The highest BCUT2D eigenvalue weighted by atomic mass is 32.2. The summed E-state index contributed by atoms with van der Waals surface area (Å²) in [7, 11) is -0.811. The van der Waals surface area contributed by atoms with E-state index < -0.39 is 15.9 Å². The average molecular weight is 418 g/mol. The summed E-state index contributed by atoms with van der Waals surface area (Å²) in [5.74, 6) is -0.905. The van der Waals surface area contributed by atoms with Crippen molar-refractivity contribution in [2.45, 2.75) is 31.1 Å². The number of hydrogen-bond acceptors (Lipinski definition) is 4. The number of benzene rings is 2. The molecule has 7 nitrogen and oxygen atoms in total. The maximum atomic E-state index is 12.3. The summed E-state index contributed by atoms with van der Waals surface area (Å²) in [6.45, 7) is 6.09. The van der Waals surface area contributed by atoms with Gasteiger partial charge in [0.2, 0.25) is 15.9 Å². The zero-order valence-electron chi connectivity index (χ0n) is 17.3. The fraction of sp³-hybridized carbons (Fsp3) is 0.333. The van der Waals surface area contributed by atoms with Gasteiger partial charge in [0.1, 0.15) is 0 Å². The van der Waals surface area contributed by atoms with Crippen molar-refractivity contribution >= 4 is 27.5 Å². The van der Waals surface area contributed by atoms with E-state index in [-0.39, 0.29) is 28.3 Å². The monoisotopic (exact) mass is 417 g/mol. The van der Waals surface area contributed by atoms with Gasteiger partial charge in [-0.3, -0.25) is 9.59 Å². The van der Waals surface area contributed by atoms with E-state index >= 15 is 0 Å². The molecule has 0 heterocycles. The first-order valence-electron chi connectivity index (χ1n) is 9.12. The van der Waals surface area contributed by atoms with E-state index in [9.17, 15) is 18.0 Å². The van der Waals surface area contributed by atoms with E-state index in [4.69, 9.17) is 0 Å². The van der Waals surface area contributed by atoms with Crippen LogP contribution < -0.4 is 10.6 Å². The van der Waals surface area contributed by atoms with E-state index in [2.05, 4.69) is 31.4 Å². The molecule has 0 unspecified atom stereocenters. The van der Waals surface area contributed by atoms with Gasteiger partial charge >= 0.3 is 0 Å². The maximum Gasteiger partial charge on any atom is 0.251 e. The van der Waals surface area contributed by atoms with Gasteiger partial charge in [-0.15, -0.1) is 0 Å². The quantitative estimate of drug-likeness (QED) is 0.755. The third-order valence-electron chi connectivity index (χ3n) is 4.32. The Balaban J connectivity index is 1.98. The van der Waals surface area contributed by atoms with Crippen LogP contribution in [-0.2, 0) is 20.2 Å². The molecule has 2 aromatic rings. The van der Waals surface area contributed by atoms with Gasteiger partial charge in [-0.2, -0.15) is 0 Å². The van der Waals surface area contributed by atoms with Crippen LogP contribution in [0.2, 0.25) is 0 Å². The van der Waals surface area contributed by atoms with Gasteiger partial charge in [0, 0.05) is 25.3 Å². The standard InChI is InChI=1S/C21H27N3O4S/c1-21(2,3)16-9-11-17(12-10-16)23-19(25)14-22-20(26)15-7-6-8-18(13-15)29(27,28)24(4)5/h6-13H,14H2,1-5H3,(H,22,26)(H,23,25). The summed E-state index contributed by atoms with van der Waals surface area (Å²) < 4.78 is 25.5. The number of amides is 2. The van der Waals surface area contributed by atoms with Gasteiger partial charge in [0.05, 0.1) is 11.4 Å². The van der Waals surface area contributed by atoms with E-state index in [1.807, 2.05) is 24.3 Å². The fourth-order valence-corrected chi connectivity index (χ4v) is 3.48. The van der Waals surface area contributed by atoms with Crippen molar-refractivity contribution < 1.29 is 18.0 Å². The Morgan fingerprint density at radius 3 is 2.17 bits per heavy atom. The highest BCUT2D eigenvalue weighted by molar-refractivity contribution is 7.89. The maximum absolute atomic E-state index is 12.3. The molecule has 2 aromatic carbocycles. The minimum Gasteiger partial charge on any atom is -0.343 e. The molecule has 29 heavy (non-hydrogen) atoms. The van der Waals surface area contributed by atoms with Crippen LogP contribution in [0, 0.1) is 0 Å². The second-order valence-corrected chi connectivity index (χ2v) is 10.0. The average Bonchev–Trinajstić information content (AvgIpc) is 2.65. The van der Waals surface area contributed by atoms with Crippen LogP contribution >= 0.6 is 0 Å². The summed E-state index contributed by atoms with van der Waals surface area (Å²) in [6.07, 6.45) is 0. The number of hydrogen-bond donors (Lipinski definition) is 2. The lowest BCUT2D eigenvalue weighted by atomic mass is 9.87. The molecule has 0 aliphatic heterocycles. The van der Waals surface area contributed by atoms with Gasteiger partial charge in [-0.05, 0) is 41.3 Å². The highest BCUT2D eigenvalue weighted by Crippen LogP contribution is 2.23. The van der Waals surface area contributed by atoms with Crippen LogP contribution in [-0.4, -0.2) is 45.2 Å². The van der Waals surface area contributed by atoms with Crippen molar-refractivity contribution in [1.29, 1.82) is 0 Å². The lowest BCUT2D eigenvalue weighted by molar-refractivity contribution is -0.115. The first kappa shape index (κ1) is 22.6. The van der Waals surface area contributed by atoms with Crippen LogP contribution in [0.25, 0.3) is 0 Å².